The van der Waals surface area contributed by atoms with Gasteiger partial charge < -0.3 is 15.0 Å². The van der Waals surface area contributed by atoms with Gasteiger partial charge in [0.1, 0.15) is 22.9 Å². The highest BCUT2D eigenvalue weighted by Gasteiger charge is 2.27. The predicted molar refractivity (Wildman–Crippen MR) is 111 cm³/mol. The molecule has 0 saturated carbocycles. The van der Waals surface area contributed by atoms with E-state index in [0.29, 0.717) is 26.2 Å². The molecule has 0 unspecified atom stereocenters. The number of nitrogens with one attached hydrogen (secondary N) is 2. The molecule has 28 heavy (non-hydrogen) atoms. The van der Waals surface area contributed by atoms with Crippen molar-refractivity contribution in [2.24, 2.45) is 0 Å². The van der Waals surface area contributed by atoms with Gasteiger partial charge in [0, 0.05) is 30.8 Å². The summed E-state index contributed by atoms with van der Waals surface area (Å²) >= 11 is 1.74. The summed E-state index contributed by atoms with van der Waals surface area (Å²) in [7, 11) is -3.56. The van der Waals surface area contributed by atoms with Gasteiger partial charge in [0.25, 0.3) is 5.91 Å². The van der Waals surface area contributed by atoms with Crippen molar-refractivity contribution in [3.05, 3.63) is 47.3 Å². The van der Waals surface area contributed by atoms with Crippen LogP contribution in [0.2, 0.25) is 0 Å². The number of sulfonamides is 1. The molecule has 0 bridgehead atoms. The summed E-state index contributed by atoms with van der Waals surface area (Å²) in [5, 5.41) is 2.75. The highest BCUT2D eigenvalue weighted by atomic mass is 32.2. The van der Waals surface area contributed by atoms with Crippen molar-refractivity contribution < 1.29 is 17.9 Å². The van der Waals surface area contributed by atoms with E-state index in [1.807, 2.05) is 32.0 Å². The van der Waals surface area contributed by atoms with Gasteiger partial charge in [-0.05, 0) is 31.0 Å². The Bertz CT molecular complexity index is 914. The fraction of sp³-hybridized carbons (Fsp3) is 0.421. The molecule has 0 aliphatic carbocycles. The van der Waals surface area contributed by atoms with E-state index in [4.69, 9.17) is 4.74 Å². The number of para-hydroxylation sites is 1. The molecule has 2 N–H and O–H groups in total. The summed E-state index contributed by atoms with van der Waals surface area (Å²) in [6.45, 7) is 5.59. The molecule has 2 aromatic rings. The fourth-order valence-electron chi connectivity index (χ4n) is 3.03. The van der Waals surface area contributed by atoms with Crippen molar-refractivity contribution in [3.8, 4) is 5.75 Å². The van der Waals surface area contributed by atoms with Gasteiger partial charge in [-0.2, -0.15) is 16.1 Å². The average Bonchev–Trinajstić information content (AvgIpc) is 3.19. The number of thioether (sulfide) groups is 1. The summed E-state index contributed by atoms with van der Waals surface area (Å²) in [4.78, 5) is 15.2. The monoisotopic (exact) mass is 423 g/mol. The maximum atomic E-state index is 12.6. The lowest BCUT2D eigenvalue weighted by molar-refractivity contribution is 0.0942. The predicted octanol–water partition coefficient (Wildman–Crippen LogP) is 2.18. The van der Waals surface area contributed by atoms with E-state index >= 15 is 0 Å². The summed E-state index contributed by atoms with van der Waals surface area (Å²) in [6, 6.07) is 7.31. The molecule has 0 atom stereocenters. The minimum atomic E-state index is -3.56. The van der Waals surface area contributed by atoms with Gasteiger partial charge in [0.05, 0.1) is 6.54 Å². The SMILES string of the molecule is Cc1cccc(C)c1OCCNC(=O)c1cc(S(=O)(=O)N2CCSCC2)c[nH]1. The number of benzene rings is 1. The molecule has 1 saturated heterocycles. The van der Waals surface area contributed by atoms with Gasteiger partial charge >= 0.3 is 0 Å². The van der Waals surface area contributed by atoms with E-state index in [-0.39, 0.29) is 16.5 Å². The van der Waals surface area contributed by atoms with Crippen molar-refractivity contribution >= 4 is 27.7 Å². The van der Waals surface area contributed by atoms with Crippen LogP contribution in [0.25, 0.3) is 0 Å². The topological polar surface area (TPSA) is 91.5 Å². The fourth-order valence-corrected chi connectivity index (χ4v) is 5.60. The van der Waals surface area contributed by atoms with Crippen molar-refractivity contribution in [1.29, 1.82) is 0 Å². The molecule has 1 aromatic carbocycles. The molecule has 1 aliphatic rings. The molecular weight excluding hydrogens is 398 g/mol. The number of hydrogen-bond acceptors (Lipinski definition) is 5. The largest absolute Gasteiger partial charge is 0.491 e. The zero-order chi connectivity index (χ0) is 20.1. The third kappa shape index (κ3) is 4.71. The lowest BCUT2D eigenvalue weighted by Gasteiger charge is -2.24. The van der Waals surface area contributed by atoms with E-state index in [9.17, 15) is 13.2 Å². The van der Waals surface area contributed by atoms with Gasteiger partial charge in [-0.3, -0.25) is 4.79 Å². The van der Waals surface area contributed by atoms with Crippen LogP contribution in [0.1, 0.15) is 21.6 Å². The molecule has 0 spiro atoms. The molecule has 0 radical (unpaired) electrons. The van der Waals surface area contributed by atoms with Gasteiger partial charge in [-0.15, -0.1) is 0 Å². The minimum Gasteiger partial charge on any atom is -0.491 e. The third-order valence-corrected chi connectivity index (χ3v) is 7.37. The van der Waals surface area contributed by atoms with Crippen molar-refractivity contribution in [1.82, 2.24) is 14.6 Å². The van der Waals surface area contributed by atoms with Crippen LogP contribution in [0.15, 0.2) is 35.4 Å². The number of rotatable bonds is 7. The molecule has 9 heteroatoms. The summed E-state index contributed by atoms with van der Waals surface area (Å²) in [5.74, 6) is 2.04. The van der Waals surface area contributed by atoms with E-state index in [1.165, 1.54) is 16.6 Å². The normalized spacial score (nSPS) is 15.4. The first-order valence-corrected chi connectivity index (χ1v) is 11.7. The van der Waals surface area contributed by atoms with Crippen LogP contribution in [0.4, 0.5) is 0 Å². The first-order chi connectivity index (χ1) is 13.4. The maximum absolute atomic E-state index is 12.6. The second-order valence-electron chi connectivity index (χ2n) is 6.59. The number of carbonyl (C=O) groups is 1. The molecule has 1 fully saturated rings. The first kappa shape index (κ1) is 20.8. The Hall–Kier alpha value is -1.97. The van der Waals surface area contributed by atoms with Crippen LogP contribution >= 0.6 is 11.8 Å². The molecule has 3 rings (SSSR count). The average molecular weight is 424 g/mol. The smallest absolute Gasteiger partial charge is 0.267 e. The molecular formula is C19H25N3O4S2. The first-order valence-electron chi connectivity index (χ1n) is 9.13. The van der Waals surface area contributed by atoms with Gasteiger partial charge in [-0.25, -0.2) is 8.42 Å². The molecule has 152 valence electrons. The van der Waals surface area contributed by atoms with Gasteiger partial charge in [0.15, 0.2) is 0 Å². The second kappa shape index (κ2) is 9.02. The van der Waals surface area contributed by atoms with Crippen molar-refractivity contribution in [3.63, 3.8) is 0 Å². The molecule has 1 aromatic heterocycles. The van der Waals surface area contributed by atoms with Crippen molar-refractivity contribution in [2.75, 3.05) is 37.7 Å². The van der Waals surface area contributed by atoms with E-state index in [0.717, 1.165) is 28.4 Å². The number of aromatic nitrogens is 1. The molecule has 1 amide bonds. The van der Waals surface area contributed by atoms with Gasteiger partial charge in [0.2, 0.25) is 10.0 Å². The number of nitrogens with zero attached hydrogens (tertiary/aromatic N) is 1. The van der Waals surface area contributed by atoms with E-state index in [2.05, 4.69) is 10.3 Å². The Morgan fingerprint density at radius 1 is 1.25 bits per heavy atom. The van der Waals surface area contributed by atoms with Crippen LogP contribution < -0.4 is 10.1 Å². The summed E-state index contributed by atoms with van der Waals surface area (Å²) < 4.78 is 32.5. The van der Waals surface area contributed by atoms with E-state index < -0.39 is 10.0 Å². The highest BCUT2D eigenvalue weighted by molar-refractivity contribution is 7.99. The van der Waals surface area contributed by atoms with Crippen LogP contribution in [0.5, 0.6) is 5.75 Å². The Morgan fingerprint density at radius 2 is 1.93 bits per heavy atom. The van der Waals surface area contributed by atoms with Crippen LogP contribution in [0, 0.1) is 13.8 Å². The zero-order valence-corrected chi connectivity index (χ0v) is 17.7. The number of H-pyrrole nitrogens is 1. The lowest BCUT2D eigenvalue weighted by Crippen LogP contribution is -2.37. The third-order valence-electron chi connectivity index (χ3n) is 4.55. The molecule has 7 nitrogen and oxygen atoms in total. The Balaban J connectivity index is 1.54. The number of aromatic amines is 1. The molecule has 2 heterocycles. The quantitative estimate of drug-likeness (QED) is 0.666. The van der Waals surface area contributed by atoms with Crippen LogP contribution in [-0.4, -0.2) is 61.4 Å². The Kier molecular flexibility index (Phi) is 6.69. The summed E-state index contributed by atoms with van der Waals surface area (Å²) in [6.07, 6.45) is 1.37. The van der Waals surface area contributed by atoms with Gasteiger partial charge in [-0.1, -0.05) is 18.2 Å². The molecule has 1 aliphatic heterocycles. The highest BCUT2D eigenvalue weighted by Crippen LogP contribution is 2.22. The Labute approximate surface area is 169 Å². The minimum absolute atomic E-state index is 0.122. The maximum Gasteiger partial charge on any atom is 0.267 e. The number of aryl methyl sites for hydroxylation is 2. The zero-order valence-electron chi connectivity index (χ0n) is 16.0. The summed E-state index contributed by atoms with van der Waals surface area (Å²) in [5.41, 5.74) is 2.31. The van der Waals surface area contributed by atoms with E-state index in [1.54, 1.807) is 11.8 Å². The van der Waals surface area contributed by atoms with Crippen molar-refractivity contribution in [2.45, 2.75) is 18.7 Å². The number of carbonyl (C=O) groups excluding carboxylic acids is 1. The number of ether oxygens (including phenoxy) is 1. The number of amides is 1. The lowest BCUT2D eigenvalue weighted by atomic mass is 10.1. The van der Waals surface area contributed by atoms with Crippen LogP contribution in [0.3, 0.4) is 0 Å². The van der Waals surface area contributed by atoms with Crippen LogP contribution in [-0.2, 0) is 10.0 Å². The second-order valence-corrected chi connectivity index (χ2v) is 9.75. The number of hydrogen-bond donors (Lipinski definition) is 2. The standard InChI is InChI=1S/C19H25N3O4S2/c1-14-4-3-5-15(2)18(14)26-9-6-20-19(23)17-12-16(13-21-17)28(24,25)22-7-10-27-11-8-22/h3-5,12-13,21H,6-11H2,1-2H3,(H,20,23). The Morgan fingerprint density at radius 3 is 2.61 bits per heavy atom.